The van der Waals surface area contributed by atoms with Crippen LogP contribution in [-0.2, 0) is 4.79 Å². The van der Waals surface area contributed by atoms with Gasteiger partial charge in [-0.05, 0) is 30.5 Å². The molecule has 120 valence electrons. The summed E-state index contributed by atoms with van der Waals surface area (Å²) < 4.78 is 0. The second kappa shape index (κ2) is 7.60. The highest BCUT2D eigenvalue weighted by molar-refractivity contribution is 7.19. The molecule has 0 aliphatic heterocycles. The SMILES string of the molecule is C=CCN(C(=O)C1CCCCC1)c1ccc(-c2ccccc2)s1. The summed E-state index contributed by atoms with van der Waals surface area (Å²) in [5.41, 5.74) is 1.20. The summed E-state index contributed by atoms with van der Waals surface area (Å²) in [4.78, 5) is 16.0. The molecule has 3 heteroatoms. The Balaban J connectivity index is 1.82. The Morgan fingerprint density at radius 2 is 1.87 bits per heavy atom. The molecule has 1 aromatic carbocycles. The Morgan fingerprint density at radius 3 is 2.57 bits per heavy atom. The molecule has 0 bridgehead atoms. The molecule has 23 heavy (non-hydrogen) atoms. The fourth-order valence-corrected chi connectivity index (χ4v) is 4.24. The van der Waals surface area contributed by atoms with E-state index >= 15 is 0 Å². The van der Waals surface area contributed by atoms with Crippen molar-refractivity contribution in [1.82, 2.24) is 0 Å². The quantitative estimate of drug-likeness (QED) is 0.663. The van der Waals surface area contributed by atoms with E-state index in [1.54, 1.807) is 11.3 Å². The highest BCUT2D eigenvalue weighted by Gasteiger charge is 2.27. The summed E-state index contributed by atoms with van der Waals surface area (Å²) in [5.74, 6) is 0.456. The molecular weight excluding hydrogens is 302 g/mol. The zero-order chi connectivity index (χ0) is 16.1. The number of anilines is 1. The number of amides is 1. The number of nitrogens with zero attached hydrogens (tertiary/aromatic N) is 1. The van der Waals surface area contributed by atoms with E-state index in [1.165, 1.54) is 29.7 Å². The Bertz CT molecular complexity index is 655. The van der Waals surface area contributed by atoms with Gasteiger partial charge in [0.25, 0.3) is 0 Å². The van der Waals surface area contributed by atoms with Crippen LogP contribution in [0.25, 0.3) is 10.4 Å². The lowest BCUT2D eigenvalue weighted by molar-refractivity contribution is -0.123. The van der Waals surface area contributed by atoms with Gasteiger partial charge in [-0.3, -0.25) is 9.69 Å². The minimum atomic E-state index is 0.186. The lowest BCUT2D eigenvalue weighted by atomic mass is 9.88. The van der Waals surface area contributed by atoms with Crippen LogP contribution in [0.15, 0.2) is 55.1 Å². The third-order valence-electron chi connectivity index (χ3n) is 4.45. The van der Waals surface area contributed by atoms with E-state index in [-0.39, 0.29) is 11.8 Å². The molecule has 1 aromatic heterocycles. The molecule has 2 nitrogen and oxygen atoms in total. The van der Waals surface area contributed by atoms with E-state index in [9.17, 15) is 4.79 Å². The van der Waals surface area contributed by atoms with Gasteiger partial charge < -0.3 is 0 Å². The first-order chi connectivity index (χ1) is 11.3. The summed E-state index contributed by atoms with van der Waals surface area (Å²) in [6.45, 7) is 4.42. The van der Waals surface area contributed by atoms with Gasteiger partial charge in [-0.15, -0.1) is 17.9 Å². The zero-order valence-corrected chi connectivity index (χ0v) is 14.2. The van der Waals surface area contributed by atoms with Crippen molar-refractivity contribution in [3.63, 3.8) is 0 Å². The topological polar surface area (TPSA) is 20.3 Å². The van der Waals surface area contributed by atoms with Gasteiger partial charge >= 0.3 is 0 Å². The normalized spacial score (nSPS) is 15.3. The van der Waals surface area contributed by atoms with Gasteiger partial charge in [0.15, 0.2) is 0 Å². The summed E-state index contributed by atoms with van der Waals surface area (Å²) in [5, 5.41) is 1.03. The molecule has 3 rings (SSSR count). The average Bonchev–Trinajstić information content (AvgIpc) is 3.10. The van der Waals surface area contributed by atoms with Crippen LogP contribution >= 0.6 is 11.3 Å². The molecule has 1 aliphatic rings. The molecule has 0 spiro atoms. The zero-order valence-electron chi connectivity index (χ0n) is 13.4. The number of hydrogen-bond donors (Lipinski definition) is 0. The predicted molar refractivity (Wildman–Crippen MR) is 98.9 cm³/mol. The molecule has 0 saturated heterocycles. The van der Waals surface area contributed by atoms with Crippen molar-refractivity contribution in [3.8, 4) is 10.4 Å². The molecule has 2 aromatic rings. The number of benzene rings is 1. The van der Waals surface area contributed by atoms with Crippen molar-refractivity contribution in [3.05, 3.63) is 55.1 Å². The van der Waals surface area contributed by atoms with Gasteiger partial charge in [-0.1, -0.05) is 55.7 Å². The van der Waals surface area contributed by atoms with E-state index in [1.807, 2.05) is 29.2 Å². The Hall–Kier alpha value is -1.87. The number of carbonyl (C=O) groups excluding carboxylic acids is 1. The standard InChI is InChI=1S/C20H23NOS/c1-2-15-21(20(22)17-11-7-4-8-12-17)19-14-13-18(23-19)16-9-5-3-6-10-16/h2-3,5-6,9-10,13-14,17H,1,4,7-8,11-12,15H2. The molecule has 1 saturated carbocycles. The third-order valence-corrected chi connectivity index (χ3v) is 5.61. The van der Waals surface area contributed by atoms with Crippen LogP contribution in [0.2, 0.25) is 0 Å². The van der Waals surface area contributed by atoms with Crippen molar-refractivity contribution in [1.29, 1.82) is 0 Å². The molecule has 1 fully saturated rings. The van der Waals surface area contributed by atoms with Crippen molar-refractivity contribution >= 4 is 22.2 Å². The maximum atomic E-state index is 12.9. The summed E-state index contributed by atoms with van der Waals surface area (Å²) >= 11 is 1.68. The number of carbonyl (C=O) groups is 1. The smallest absolute Gasteiger partial charge is 0.230 e. The predicted octanol–water partition coefficient (Wildman–Crippen LogP) is 5.51. The highest BCUT2D eigenvalue weighted by Crippen LogP contribution is 2.35. The Morgan fingerprint density at radius 1 is 1.13 bits per heavy atom. The van der Waals surface area contributed by atoms with E-state index < -0.39 is 0 Å². The summed E-state index contributed by atoms with van der Waals surface area (Å²) in [7, 11) is 0. The highest BCUT2D eigenvalue weighted by atomic mass is 32.1. The van der Waals surface area contributed by atoms with Gasteiger partial charge in [0, 0.05) is 17.3 Å². The van der Waals surface area contributed by atoms with Crippen LogP contribution in [0.1, 0.15) is 32.1 Å². The van der Waals surface area contributed by atoms with Crippen molar-refractivity contribution in [2.24, 2.45) is 5.92 Å². The van der Waals surface area contributed by atoms with Crippen molar-refractivity contribution in [2.45, 2.75) is 32.1 Å². The second-order valence-corrected chi connectivity index (χ2v) is 7.14. The molecule has 0 unspecified atom stereocenters. The molecule has 1 heterocycles. The van der Waals surface area contributed by atoms with Crippen LogP contribution in [-0.4, -0.2) is 12.5 Å². The van der Waals surface area contributed by atoms with Crippen molar-refractivity contribution in [2.75, 3.05) is 11.4 Å². The molecule has 0 radical (unpaired) electrons. The maximum Gasteiger partial charge on any atom is 0.230 e. The van der Waals surface area contributed by atoms with Crippen LogP contribution in [0, 0.1) is 5.92 Å². The van der Waals surface area contributed by atoms with Crippen LogP contribution in [0.4, 0.5) is 5.00 Å². The van der Waals surface area contributed by atoms with E-state index in [0.717, 1.165) is 17.8 Å². The molecular formula is C20H23NOS. The summed E-state index contributed by atoms with van der Waals surface area (Å²) in [6, 6.07) is 14.5. The van der Waals surface area contributed by atoms with Gasteiger partial charge in [-0.25, -0.2) is 0 Å². The number of hydrogen-bond acceptors (Lipinski definition) is 2. The largest absolute Gasteiger partial charge is 0.300 e. The summed E-state index contributed by atoms with van der Waals surface area (Å²) in [6.07, 6.45) is 7.51. The molecule has 0 atom stereocenters. The first-order valence-electron chi connectivity index (χ1n) is 8.37. The lowest BCUT2D eigenvalue weighted by Gasteiger charge is -2.27. The van der Waals surface area contributed by atoms with Crippen LogP contribution in [0.5, 0.6) is 0 Å². The van der Waals surface area contributed by atoms with Gasteiger partial charge in [-0.2, -0.15) is 0 Å². The van der Waals surface area contributed by atoms with Gasteiger partial charge in [0.05, 0.1) is 5.00 Å². The monoisotopic (exact) mass is 325 g/mol. The van der Waals surface area contributed by atoms with Crippen molar-refractivity contribution < 1.29 is 4.79 Å². The first-order valence-corrected chi connectivity index (χ1v) is 9.19. The number of thiophene rings is 1. The Labute approximate surface area is 142 Å². The maximum absolute atomic E-state index is 12.9. The lowest BCUT2D eigenvalue weighted by Crippen LogP contribution is -2.36. The molecule has 1 amide bonds. The fourth-order valence-electron chi connectivity index (χ4n) is 3.22. The van der Waals surface area contributed by atoms with Gasteiger partial charge in [0.2, 0.25) is 5.91 Å². The molecule has 1 aliphatic carbocycles. The average molecular weight is 325 g/mol. The molecule has 0 N–H and O–H groups in total. The first kappa shape index (κ1) is 16.0. The van der Waals surface area contributed by atoms with Crippen LogP contribution < -0.4 is 4.90 Å². The van der Waals surface area contributed by atoms with E-state index in [4.69, 9.17) is 0 Å². The van der Waals surface area contributed by atoms with E-state index in [2.05, 4.69) is 30.8 Å². The van der Waals surface area contributed by atoms with Crippen LogP contribution in [0.3, 0.4) is 0 Å². The minimum absolute atomic E-state index is 0.186. The Kier molecular flexibility index (Phi) is 5.29. The third kappa shape index (κ3) is 3.73. The van der Waals surface area contributed by atoms with E-state index in [0.29, 0.717) is 6.54 Å². The fraction of sp³-hybridized carbons (Fsp3) is 0.350. The van der Waals surface area contributed by atoms with Gasteiger partial charge in [0.1, 0.15) is 0 Å². The number of rotatable bonds is 5. The minimum Gasteiger partial charge on any atom is -0.300 e. The second-order valence-electron chi connectivity index (χ2n) is 6.08.